The van der Waals surface area contributed by atoms with Crippen molar-refractivity contribution in [3.63, 3.8) is 0 Å². The molecule has 0 atom stereocenters. The molecule has 4 nitrogen and oxygen atoms in total. The smallest absolute Gasteiger partial charge is 0.0798 e. The molecule has 0 saturated heterocycles. The molecule has 0 fully saturated rings. The van der Waals surface area contributed by atoms with Gasteiger partial charge in [0.1, 0.15) is 0 Å². The minimum absolute atomic E-state index is 0. The second-order valence-electron chi connectivity index (χ2n) is 16.9. The largest absolute Gasteiger partial charge is 0.360 e. The summed E-state index contributed by atoms with van der Waals surface area (Å²) in [7, 11) is -1.34. The number of rotatable bonds is 8. The Labute approximate surface area is 368 Å². The van der Waals surface area contributed by atoms with Gasteiger partial charge in [-0.2, -0.15) is 0 Å². The van der Waals surface area contributed by atoms with E-state index in [1.165, 1.54) is 43.4 Å². The van der Waals surface area contributed by atoms with E-state index in [-0.39, 0.29) is 20.1 Å². The Morgan fingerprint density at radius 2 is 1.32 bits per heavy atom. The molecule has 10 aromatic rings. The van der Waals surface area contributed by atoms with Crippen molar-refractivity contribution in [1.82, 2.24) is 19.1 Å². The van der Waals surface area contributed by atoms with Crippen LogP contribution in [0.3, 0.4) is 0 Å². The van der Waals surface area contributed by atoms with E-state index in [1.807, 2.05) is 18.2 Å². The van der Waals surface area contributed by atoms with Gasteiger partial charge in [0.15, 0.2) is 0 Å². The minimum Gasteiger partial charge on any atom is -0.360 e. The van der Waals surface area contributed by atoms with Crippen molar-refractivity contribution in [2.24, 2.45) is 5.92 Å². The number of benzene rings is 7. The van der Waals surface area contributed by atoms with Gasteiger partial charge in [-0.1, -0.05) is 142 Å². The first-order valence-corrected chi connectivity index (χ1v) is 24.1. The van der Waals surface area contributed by atoms with Crippen LogP contribution in [0.5, 0.6) is 0 Å². The van der Waals surface area contributed by atoms with E-state index in [0.717, 1.165) is 57.8 Å². The van der Waals surface area contributed by atoms with Crippen LogP contribution in [0.1, 0.15) is 25.0 Å². The first-order chi connectivity index (χ1) is 28.7. The Hall–Kier alpha value is -5.91. The van der Waals surface area contributed by atoms with Gasteiger partial charge in [0.05, 0.1) is 24.9 Å². The van der Waals surface area contributed by atoms with Crippen molar-refractivity contribution in [2.75, 3.05) is 0 Å². The fourth-order valence-electron chi connectivity index (χ4n) is 8.32. The molecule has 0 aliphatic carbocycles. The summed E-state index contributed by atoms with van der Waals surface area (Å²) in [6, 6.07) is 64.4. The number of hydrogen-bond donors (Lipinski definition) is 0. The van der Waals surface area contributed by atoms with E-state index < -0.39 is 8.07 Å². The molecule has 3 heterocycles. The SMILES string of the molecule is CC(C)Cc1cc(-c2[c-]cccc2)ncc1[Si](C)(C)C.[Ir].[c-]1cc2c(cc1-c1nc3cc4ccccc4cc3n1Cc1ccccc1)c1ccccc1n2-c1ccccc1. The van der Waals surface area contributed by atoms with Crippen LogP contribution in [0.4, 0.5) is 0 Å². The van der Waals surface area contributed by atoms with Crippen LogP contribution in [0.2, 0.25) is 19.6 Å². The van der Waals surface area contributed by atoms with Gasteiger partial charge in [-0.05, 0) is 80.8 Å². The first kappa shape index (κ1) is 40.8. The van der Waals surface area contributed by atoms with Crippen molar-refractivity contribution in [1.29, 1.82) is 0 Å². The van der Waals surface area contributed by atoms with E-state index in [2.05, 4.69) is 212 Å². The molecule has 3 aromatic heterocycles. The maximum Gasteiger partial charge on any atom is 0.0798 e. The summed E-state index contributed by atoms with van der Waals surface area (Å²) in [6.07, 6.45) is 3.24. The quantitative estimate of drug-likeness (QED) is 0.112. The fourth-order valence-corrected chi connectivity index (χ4v) is 9.91. The molecular formula is C54H48IrN4Si-2. The van der Waals surface area contributed by atoms with Crippen molar-refractivity contribution in [2.45, 2.75) is 46.5 Å². The Morgan fingerprint density at radius 1 is 0.633 bits per heavy atom. The van der Waals surface area contributed by atoms with E-state index >= 15 is 0 Å². The maximum absolute atomic E-state index is 5.21. The Bertz CT molecular complexity index is 3050. The summed E-state index contributed by atoms with van der Waals surface area (Å²) < 4.78 is 4.66. The van der Waals surface area contributed by atoms with Crippen LogP contribution in [-0.4, -0.2) is 27.2 Å². The second-order valence-corrected chi connectivity index (χ2v) is 21.9. The molecule has 299 valence electrons. The van der Waals surface area contributed by atoms with Gasteiger partial charge >= 0.3 is 0 Å². The average Bonchev–Trinajstić information content (AvgIpc) is 3.77. The first-order valence-electron chi connectivity index (χ1n) is 20.6. The molecule has 0 bridgehead atoms. The summed E-state index contributed by atoms with van der Waals surface area (Å²) in [5, 5.41) is 6.34. The topological polar surface area (TPSA) is 35.6 Å². The standard InChI is InChI=1S/C36H24N3.C18H24NSi.Ir/c1-3-11-25(12-4-1)24-38-35-23-27-14-8-7-13-26(27)22-32(35)37-36(38)28-19-20-34-31(21-28)30-17-9-10-18-33(30)39(34)29-15-5-2-6-16-29;1-14(2)11-16-12-17(15-9-7-6-8-10-15)19-13-18(16)20(3,4)5;/h1-18,20-23H,24H2;6-9,12-14H,11H2,1-5H3;/q2*-1;. The molecule has 0 N–H and O–H groups in total. The summed E-state index contributed by atoms with van der Waals surface area (Å²) in [4.78, 5) is 9.89. The molecule has 0 aliphatic rings. The van der Waals surface area contributed by atoms with Gasteiger partial charge in [-0.25, -0.2) is 0 Å². The van der Waals surface area contributed by atoms with Gasteiger partial charge in [0.2, 0.25) is 0 Å². The molecule has 6 heteroatoms. The molecule has 0 aliphatic heterocycles. The van der Waals surface area contributed by atoms with Crippen molar-refractivity contribution < 1.29 is 20.1 Å². The number of hydrogen-bond acceptors (Lipinski definition) is 2. The van der Waals surface area contributed by atoms with Crippen molar-refractivity contribution >= 4 is 56.9 Å². The summed E-state index contributed by atoms with van der Waals surface area (Å²) in [5.41, 5.74) is 11.4. The third kappa shape index (κ3) is 8.29. The third-order valence-electron chi connectivity index (χ3n) is 11.1. The van der Waals surface area contributed by atoms with Crippen LogP contribution in [0.25, 0.3) is 71.9 Å². The van der Waals surface area contributed by atoms with Crippen LogP contribution < -0.4 is 5.19 Å². The molecule has 7 aromatic carbocycles. The van der Waals surface area contributed by atoms with Crippen molar-refractivity contribution in [3.05, 3.63) is 193 Å². The van der Waals surface area contributed by atoms with Crippen molar-refractivity contribution in [3.8, 4) is 28.3 Å². The van der Waals surface area contributed by atoms with E-state index in [1.54, 1.807) is 0 Å². The number of aromatic nitrogens is 4. The number of pyridine rings is 1. The number of para-hydroxylation sites is 2. The Kier molecular flexibility index (Phi) is 11.8. The zero-order valence-corrected chi connectivity index (χ0v) is 38.2. The number of fused-ring (bicyclic) bond motifs is 5. The number of nitrogens with zero attached hydrogens (tertiary/aromatic N) is 4. The molecule has 0 unspecified atom stereocenters. The van der Waals surface area contributed by atoms with Gasteiger partial charge in [0.25, 0.3) is 0 Å². The second kappa shape index (κ2) is 17.4. The van der Waals surface area contributed by atoms with Crippen LogP contribution in [0.15, 0.2) is 170 Å². The normalized spacial score (nSPS) is 11.6. The molecule has 0 saturated carbocycles. The van der Waals surface area contributed by atoms with Crippen LogP contribution in [0, 0.1) is 18.1 Å². The fraction of sp³-hybridized carbons (Fsp3) is 0.148. The molecule has 60 heavy (non-hydrogen) atoms. The molecular weight excluding hydrogens is 925 g/mol. The summed E-state index contributed by atoms with van der Waals surface area (Å²) in [6.45, 7) is 12.5. The predicted octanol–water partition coefficient (Wildman–Crippen LogP) is 13.1. The molecule has 1 radical (unpaired) electrons. The zero-order chi connectivity index (χ0) is 40.5. The van der Waals surface area contributed by atoms with E-state index in [4.69, 9.17) is 4.98 Å². The monoisotopic (exact) mass is 973 g/mol. The minimum atomic E-state index is -1.34. The van der Waals surface area contributed by atoms with Gasteiger partial charge in [-0.15, -0.1) is 59.7 Å². The van der Waals surface area contributed by atoms with E-state index in [0.29, 0.717) is 5.92 Å². The van der Waals surface area contributed by atoms with Crippen LogP contribution in [-0.2, 0) is 33.1 Å². The Balaban J connectivity index is 0.000000202. The van der Waals surface area contributed by atoms with E-state index in [9.17, 15) is 0 Å². The zero-order valence-electron chi connectivity index (χ0n) is 34.8. The third-order valence-corrected chi connectivity index (χ3v) is 13.1. The predicted molar refractivity (Wildman–Crippen MR) is 251 cm³/mol. The van der Waals surface area contributed by atoms with Gasteiger partial charge in [0, 0.05) is 44.1 Å². The number of imidazole rings is 1. The molecule has 0 amide bonds. The van der Waals surface area contributed by atoms with Gasteiger partial charge in [-0.3, -0.25) is 4.98 Å². The Morgan fingerprint density at radius 3 is 2.03 bits per heavy atom. The average molecular weight is 973 g/mol. The summed E-state index contributed by atoms with van der Waals surface area (Å²) >= 11 is 0. The summed E-state index contributed by atoms with van der Waals surface area (Å²) in [5.74, 6) is 1.60. The maximum atomic E-state index is 5.21. The molecule has 0 spiro atoms. The van der Waals surface area contributed by atoms with Crippen LogP contribution >= 0.6 is 0 Å². The van der Waals surface area contributed by atoms with Gasteiger partial charge < -0.3 is 14.1 Å². The molecule has 10 rings (SSSR count).